The van der Waals surface area contributed by atoms with Gasteiger partial charge in [0, 0.05) is 6.42 Å². The predicted octanol–water partition coefficient (Wildman–Crippen LogP) is -0.272. The van der Waals surface area contributed by atoms with Gasteiger partial charge in [-0.2, -0.15) is 0 Å². The Bertz CT molecular complexity index is 456. The van der Waals surface area contributed by atoms with E-state index in [1.807, 2.05) is 0 Å². The van der Waals surface area contributed by atoms with Gasteiger partial charge in [0.15, 0.2) is 0 Å². The molecule has 0 spiro atoms. The van der Waals surface area contributed by atoms with E-state index in [-0.39, 0.29) is 22.6 Å². The fourth-order valence-corrected chi connectivity index (χ4v) is 1.70. The van der Waals surface area contributed by atoms with Crippen LogP contribution >= 0.6 is 0 Å². The van der Waals surface area contributed by atoms with Crippen molar-refractivity contribution in [3.63, 3.8) is 0 Å². The molecule has 0 unspecified atom stereocenters. The van der Waals surface area contributed by atoms with Crippen molar-refractivity contribution in [3.8, 4) is 0 Å². The van der Waals surface area contributed by atoms with E-state index in [9.17, 15) is 4.79 Å². The van der Waals surface area contributed by atoms with Gasteiger partial charge in [0.2, 0.25) is 0 Å². The summed E-state index contributed by atoms with van der Waals surface area (Å²) in [6, 6.07) is 0. The molecule has 0 aromatic heterocycles. The van der Waals surface area contributed by atoms with Crippen LogP contribution in [-0.2, 0) is 11.2 Å². The maximum absolute atomic E-state index is 11.5. The summed E-state index contributed by atoms with van der Waals surface area (Å²) in [6.45, 7) is 0.291. The first kappa shape index (κ1) is 9.45. The van der Waals surface area contributed by atoms with Gasteiger partial charge < -0.3 is 27.7 Å². The molecule has 1 aliphatic rings. The van der Waals surface area contributed by atoms with Crippen molar-refractivity contribution in [2.24, 2.45) is 0 Å². The van der Waals surface area contributed by atoms with E-state index in [0.29, 0.717) is 24.3 Å². The highest BCUT2D eigenvalue weighted by Gasteiger charge is 2.27. The molecule has 0 aliphatic carbocycles. The molecule has 0 fully saturated rings. The lowest BCUT2D eigenvalue weighted by Crippen LogP contribution is -2.22. The standard InChI is InChI=1S/C9H12N4O2/c10-5-3-1-2-15-9(14)4(3)6(11)8(13)7(5)12/h1-2,10-13H2. The zero-order valence-corrected chi connectivity index (χ0v) is 8.04. The van der Waals surface area contributed by atoms with Gasteiger partial charge in [0.05, 0.1) is 34.9 Å². The predicted molar refractivity (Wildman–Crippen MR) is 58.1 cm³/mol. The Labute approximate surface area is 86.2 Å². The van der Waals surface area contributed by atoms with Gasteiger partial charge in [0.25, 0.3) is 0 Å². The molecule has 80 valence electrons. The molecule has 0 saturated heterocycles. The smallest absolute Gasteiger partial charge is 0.340 e. The number of rotatable bonds is 0. The lowest BCUT2D eigenvalue weighted by Gasteiger charge is -2.21. The molecule has 6 heteroatoms. The number of cyclic esters (lactones) is 1. The van der Waals surface area contributed by atoms with Gasteiger partial charge in [-0.15, -0.1) is 0 Å². The SMILES string of the molecule is Nc1c(N)c(N)c2c(c1N)CCOC2=O. The number of fused-ring (bicyclic) bond motifs is 1. The number of carbonyl (C=O) groups is 1. The number of benzene rings is 1. The van der Waals surface area contributed by atoms with Crippen LogP contribution in [0, 0.1) is 0 Å². The average Bonchev–Trinajstić information content (AvgIpc) is 2.23. The summed E-state index contributed by atoms with van der Waals surface area (Å²) >= 11 is 0. The maximum Gasteiger partial charge on any atom is 0.340 e. The number of nitrogen functional groups attached to an aromatic ring is 4. The Morgan fingerprint density at radius 3 is 2.20 bits per heavy atom. The average molecular weight is 208 g/mol. The van der Waals surface area contributed by atoms with Crippen molar-refractivity contribution in [1.29, 1.82) is 0 Å². The van der Waals surface area contributed by atoms with Crippen LogP contribution in [0.3, 0.4) is 0 Å². The first-order valence-corrected chi connectivity index (χ1v) is 4.46. The Kier molecular flexibility index (Phi) is 1.85. The van der Waals surface area contributed by atoms with Crippen molar-refractivity contribution in [1.82, 2.24) is 0 Å². The molecule has 0 bridgehead atoms. The zero-order chi connectivity index (χ0) is 11.2. The zero-order valence-electron chi connectivity index (χ0n) is 8.04. The van der Waals surface area contributed by atoms with Crippen LogP contribution < -0.4 is 22.9 Å². The monoisotopic (exact) mass is 208 g/mol. The Hall–Kier alpha value is -2.11. The second-order valence-corrected chi connectivity index (χ2v) is 3.39. The molecule has 0 saturated carbocycles. The minimum absolute atomic E-state index is 0.144. The topological polar surface area (TPSA) is 130 Å². The summed E-state index contributed by atoms with van der Waals surface area (Å²) in [5, 5.41) is 0. The molecule has 8 N–H and O–H groups in total. The van der Waals surface area contributed by atoms with Crippen LogP contribution in [0.5, 0.6) is 0 Å². The third-order valence-corrected chi connectivity index (χ3v) is 2.56. The van der Waals surface area contributed by atoms with E-state index in [0.717, 1.165) is 0 Å². The Morgan fingerprint density at radius 1 is 0.933 bits per heavy atom. The highest BCUT2D eigenvalue weighted by atomic mass is 16.5. The van der Waals surface area contributed by atoms with Gasteiger partial charge in [-0.3, -0.25) is 0 Å². The number of nitrogens with two attached hydrogens (primary N) is 4. The van der Waals surface area contributed by atoms with Crippen LogP contribution in [0.1, 0.15) is 15.9 Å². The molecule has 6 nitrogen and oxygen atoms in total. The number of hydrogen-bond donors (Lipinski definition) is 4. The summed E-state index contributed by atoms with van der Waals surface area (Å²) < 4.78 is 4.86. The van der Waals surface area contributed by atoms with Crippen molar-refractivity contribution in [2.45, 2.75) is 6.42 Å². The third-order valence-electron chi connectivity index (χ3n) is 2.56. The van der Waals surface area contributed by atoms with Gasteiger partial charge in [-0.25, -0.2) is 4.79 Å². The lowest BCUT2D eigenvalue weighted by molar-refractivity contribution is 0.0482. The van der Waals surface area contributed by atoms with Crippen molar-refractivity contribution < 1.29 is 9.53 Å². The molecule has 1 aliphatic heterocycles. The highest BCUT2D eigenvalue weighted by molar-refractivity contribution is 6.06. The molecule has 1 aromatic carbocycles. The highest BCUT2D eigenvalue weighted by Crippen LogP contribution is 2.38. The molecule has 2 rings (SSSR count). The molecule has 0 amide bonds. The molecule has 15 heavy (non-hydrogen) atoms. The summed E-state index contributed by atoms with van der Waals surface area (Å²) in [7, 11) is 0. The molecular formula is C9H12N4O2. The van der Waals surface area contributed by atoms with E-state index >= 15 is 0 Å². The van der Waals surface area contributed by atoms with Gasteiger partial charge in [-0.1, -0.05) is 0 Å². The molecule has 0 atom stereocenters. The minimum Gasteiger partial charge on any atom is -0.462 e. The summed E-state index contributed by atoms with van der Waals surface area (Å²) in [5.74, 6) is -0.493. The van der Waals surface area contributed by atoms with E-state index in [1.54, 1.807) is 0 Å². The van der Waals surface area contributed by atoms with Crippen molar-refractivity contribution in [2.75, 3.05) is 29.5 Å². The van der Waals surface area contributed by atoms with Crippen molar-refractivity contribution >= 4 is 28.7 Å². The van der Waals surface area contributed by atoms with Gasteiger partial charge >= 0.3 is 5.97 Å². The second-order valence-electron chi connectivity index (χ2n) is 3.39. The van der Waals surface area contributed by atoms with Crippen LogP contribution in [0.2, 0.25) is 0 Å². The maximum atomic E-state index is 11.5. The lowest BCUT2D eigenvalue weighted by atomic mass is 9.96. The van der Waals surface area contributed by atoms with E-state index in [4.69, 9.17) is 27.7 Å². The number of hydrogen-bond acceptors (Lipinski definition) is 6. The quantitative estimate of drug-likeness (QED) is 0.343. The fraction of sp³-hybridized carbons (Fsp3) is 0.222. The first-order valence-electron chi connectivity index (χ1n) is 4.46. The number of ether oxygens (including phenoxy) is 1. The second kappa shape index (κ2) is 2.94. The number of carbonyl (C=O) groups excluding carboxylic acids is 1. The fourth-order valence-electron chi connectivity index (χ4n) is 1.70. The number of esters is 1. The van der Waals surface area contributed by atoms with Gasteiger partial charge in [0.1, 0.15) is 0 Å². The third kappa shape index (κ3) is 1.14. The van der Waals surface area contributed by atoms with E-state index in [1.165, 1.54) is 0 Å². The molecule has 1 aromatic rings. The van der Waals surface area contributed by atoms with Crippen LogP contribution in [0.25, 0.3) is 0 Å². The van der Waals surface area contributed by atoms with E-state index < -0.39 is 5.97 Å². The molecular weight excluding hydrogens is 196 g/mol. The summed E-state index contributed by atoms with van der Waals surface area (Å²) in [4.78, 5) is 11.5. The normalized spacial score (nSPS) is 14.5. The largest absolute Gasteiger partial charge is 0.462 e. The van der Waals surface area contributed by atoms with Crippen molar-refractivity contribution in [3.05, 3.63) is 11.1 Å². The van der Waals surface area contributed by atoms with E-state index in [2.05, 4.69) is 0 Å². The minimum atomic E-state index is -0.493. The molecule has 1 heterocycles. The van der Waals surface area contributed by atoms with Crippen LogP contribution in [-0.4, -0.2) is 12.6 Å². The van der Waals surface area contributed by atoms with Gasteiger partial charge in [-0.05, 0) is 5.56 Å². The van der Waals surface area contributed by atoms with Crippen LogP contribution in [0.4, 0.5) is 22.7 Å². The Morgan fingerprint density at radius 2 is 1.53 bits per heavy atom. The Balaban J connectivity index is 2.80. The van der Waals surface area contributed by atoms with Crippen LogP contribution in [0.15, 0.2) is 0 Å². The first-order chi connectivity index (χ1) is 7.04. The number of anilines is 4. The molecule has 0 radical (unpaired) electrons. The summed E-state index contributed by atoms with van der Waals surface area (Å²) in [6.07, 6.45) is 0.515. The summed E-state index contributed by atoms with van der Waals surface area (Å²) in [5.41, 5.74) is 24.5.